The molecule has 0 saturated carbocycles. The summed E-state index contributed by atoms with van der Waals surface area (Å²) >= 11 is 7.69. The number of carbonyl (C=O) groups excluding carboxylic acids is 2. The molecule has 2 saturated heterocycles. The van der Waals surface area contributed by atoms with Crippen LogP contribution in [0.3, 0.4) is 0 Å². The Morgan fingerprint density at radius 2 is 1.85 bits per heavy atom. The zero-order valence-corrected chi connectivity index (χ0v) is 23.7. The van der Waals surface area contributed by atoms with Gasteiger partial charge in [-0.25, -0.2) is 0 Å². The van der Waals surface area contributed by atoms with E-state index in [4.69, 9.17) is 11.6 Å². The van der Waals surface area contributed by atoms with Crippen LogP contribution in [0.2, 0.25) is 5.02 Å². The molecule has 2 aromatic rings. The minimum atomic E-state index is -0.132. The fraction of sp³-hybridized carbons (Fsp3) is 0.375. The number of likely N-dealkylation sites (tertiary alicyclic amines) is 1. The van der Waals surface area contributed by atoms with Crippen LogP contribution in [0.1, 0.15) is 30.4 Å². The first-order valence-corrected chi connectivity index (χ1v) is 15.1. The highest BCUT2D eigenvalue weighted by Crippen LogP contribution is 2.38. The lowest BCUT2D eigenvalue weighted by Crippen LogP contribution is -2.52. The Labute approximate surface area is 241 Å². The first-order valence-electron chi connectivity index (χ1n) is 13.9. The number of hydrogen-bond acceptors (Lipinski definition) is 4. The van der Waals surface area contributed by atoms with Crippen molar-refractivity contribution in [3.63, 3.8) is 0 Å². The Bertz CT molecular complexity index is 1240. The molecule has 2 heterocycles. The molecule has 2 amide bonds. The fourth-order valence-corrected chi connectivity index (χ4v) is 7.02. The Morgan fingerprint density at radius 1 is 1.05 bits per heavy atom. The van der Waals surface area contributed by atoms with Gasteiger partial charge in [-0.1, -0.05) is 78.4 Å². The van der Waals surface area contributed by atoms with Crippen molar-refractivity contribution in [1.29, 1.82) is 0 Å². The van der Waals surface area contributed by atoms with Gasteiger partial charge in [-0.3, -0.25) is 9.59 Å². The number of nitrogens with zero attached hydrogens (tertiary/aromatic N) is 2. The molecule has 39 heavy (non-hydrogen) atoms. The average molecular weight is 562 g/mol. The number of hydrogen-bond donors (Lipinski definition) is 1. The molecule has 3 aliphatic rings. The third-order valence-electron chi connectivity index (χ3n) is 7.66. The quantitative estimate of drug-likeness (QED) is 0.321. The lowest BCUT2D eigenvalue weighted by atomic mass is 9.90. The molecule has 2 unspecified atom stereocenters. The summed E-state index contributed by atoms with van der Waals surface area (Å²) in [5, 5.41) is 3.76. The van der Waals surface area contributed by atoms with E-state index < -0.39 is 0 Å². The maximum atomic E-state index is 13.4. The zero-order chi connectivity index (χ0) is 27.0. The topological polar surface area (TPSA) is 52.7 Å². The summed E-state index contributed by atoms with van der Waals surface area (Å²) in [6.45, 7) is 3.90. The van der Waals surface area contributed by atoms with Gasteiger partial charge in [0.15, 0.2) is 0 Å². The van der Waals surface area contributed by atoms with Crippen molar-refractivity contribution in [2.24, 2.45) is 5.92 Å². The lowest BCUT2D eigenvalue weighted by molar-refractivity contribution is -0.134. The molecular formula is C32H36ClN3O2S. The number of benzene rings is 2. The number of piperidine rings is 1. The molecule has 0 radical (unpaired) electrons. The van der Waals surface area contributed by atoms with E-state index in [9.17, 15) is 9.59 Å². The standard InChI is InChI=1S/C32H36ClN3O2S/c33-27-11-6-10-26(21-27)22-30-32(38)36(28-12-4-5-13-29(28)39-30)23-31(37)34-16-7-17-35-18-14-25(15-19-35)20-24-8-2-1-3-9-24/h1-6,8-13,21-22,25,28-29H,7,14-20,23H2,(H,34,37)/b30-22-. The van der Waals surface area contributed by atoms with Crippen LogP contribution in [0.4, 0.5) is 0 Å². The number of allylic oxidation sites excluding steroid dienone is 2. The number of rotatable bonds is 9. The summed E-state index contributed by atoms with van der Waals surface area (Å²) in [5.74, 6) is 0.532. The Hall–Kier alpha value is -2.80. The Kier molecular flexibility index (Phi) is 9.62. The maximum Gasteiger partial charge on any atom is 0.261 e. The van der Waals surface area contributed by atoms with Crippen molar-refractivity contribution >= 4 is 41.3 Å². The van der Waals surface area contributed by atoms with Crippen molar-refractivity contribution in [3.05, 3.63) is 100.0 Å². The molecule has 2 atom stereocenters. The smallest absolute Gasteiger partial charge is 0.261 e. The van der Waals surface area contributed by atoms with Crippen LogP contribution in [-0.2, 0) is 16.0 Å². The van der Waals surface area contributed by atoms with Gasteiger partial charge in [0.1, 0.15) is 6.54 Å². The Morgan fingerprint density at radius 3 is 2.64 bits per heavy atom. The molecule has 2 aliphatic heterocycles. The largest absolute Gasteiger partial charge is 0.355 e. The fourth-order valence-electron chi connectivity index (χ4n) is 5.56. The summed E-state index contributed by atoms with van der Waals surface area (Å²) in [7, 11) is 0. The van der Waals surface area contributed by atoms with Crippen molar-refractivity contribution < 1.29 is 9.59 Å². The molecule has 2 aromatic carbocycles. The van der Waals surface area contributed by atoms with Gasteiger partial charge >= 0.3 is 0 Å². The second kappa shape index (κ2) is 13.5. The Balaban J connectivity index is 1.08. The van der Waals surface area contributed by atoms with Gasteiger partial charge < -0.3 is 15.1 Å². The highest BCUT2D eigenvalue weighted by Gasteiger charge is 2.38. The van der Waals surface area contributed by atoms with Crippen LogP contribution in [0.25, 0.3) is 6.08 Å². The predicted molar refractivity (Wildman–Crippen MR) is 162 cm³/mol. The first-order chi connectivity index (χ1) is 19.0. The van der Waals surface area contributed by atoms with E-state index in [2.05, 4.69) is 46.6 Å². The van der Waals surface area contributed by atoms with Crippen LogP contribution in [0.15, 0.2) is 83.8 Å². The predicted octanol–water partition coefficient (Wildman–Crippen LogP) is 5.58. The summed E-state index contributed by atoms with van der Waals surface area (Å²) in [4.78, 5) is 31.2. The molecule has 2 fully saturated rings. The van der Waals surface area contributed by atoms with Crippen LogP contribution in [0.5, 0.6) is 0 Å². The molecule has 1 N–H and O–H groups in total. The first kappa shape index (κ1) is 27.8. The zero-order valence-electron chi connectivity index (χ0n) is 22.2. The van der Waals surface area contributed by atoms with E-state index in [1.54, 1.807) is 16.7 Å². The van der Waals surface area contributed by atoms with E-state index in [1.165, 1.54) is 24.8 Å². The van der Waals surface area contributed by atoms with Crippen molar-refractivity contribution in [2.75, 3.05) is 32.7 Å². The third kappa shape index (κ3) is 7.65. The van der Waals surface area contributed by atoms with Crippen LogP contribution < -0.4 is 5.32 Å². The van der Waals surface area contributed by atoms with Crippen LogP contribution in [0, 0.1) is 5.92 Å². The SMILES string of the molecule is O=C(CN1C(=O)/C(=C/c2cccc(Cl)c2)SC2C=CC=CC21)NCCCN1CCC(Cc2ccccc2)CC1. The van der Waals surface area contributed by atoms with Gasteiger partial charge in [0, 0.05) is 11.6 Å². The lowest BCUT2D eigenvalue weighted by Gasteiger charge is -2.39. The van der Waals surface area contributed by atoms with E-state index in [-0.39, 0.29) is 29.7 Å². The second-order valence-corrected chi connectivity index (χ2v) is 12.2. The van der Waals surface area contributed by atoms with E-state index in [0.29, 0.717) is 16.5 Å². The van der Waals surface area contributed by atoms with Gasteiger partial charge in [-0.05, 0) is 80.6 Å². The second-order valence-electron chi connectivity index (χ2n) is 10.5. The molecule has 1 aliphatic carbocycles. The molecule has 204 valence electrons. The highest BCUT2D eigenvalue weighted by atomic mass is 35.5. The average Bonchev–Trinajstić information content (AvgIpc) is 2.95. The summed E-state index contributed by atoms with van der Waals surface area (Å²) in [6.07, 6.45) is 14.5. The maximum absolute atomic E-state index is 13.4. The van der Waals surface area contributed by atoms with Crippen molar-refractivity contribution in [1.82, 2.24) is 15.1 Å². The molecule has 5 rings (SSSR count). The minimum Gasteiger partial charge on any atom is -0.355 e. The molecule has 7 heteroatoms. The van der Waals surface area contributed by atoms with E-state index in [0.717, 1.165) is 37.5 Å². The molecule has 5 nitrogen and oxygen atoms in total. The van der Waals surface area contributed by atoms with E-state index in [1.807, 2.05) is 48.6 Å². The minimum absolute atomic E-state index is 0.0521. The van der Waals surface area contributed by atoms with Crippen LogP contribution in [-0.4, -0.2) is 65.6 Å². The van der Waals surface area contributed by atoms with Crippen molar-refractivity contribution in [3.8, 4) is 0 Å². The monoisotopic (exact) mass is 561 g/mol. The van der Waals surface area contributed by atoms with E-state index >= 15 is 0 Å². The van der Waals surface area contributed by atoms with Crippen LogP contribution >= 0.6 is 23.4 Å². The van der Waals surface area contributed by atoms with Gasteiger partial charge in [-0.2, -0.15) is 0 Å². The number of nitrogens with one attached hydrogen (secondary N) is 1. The normalized spacial score (nSPS) is 22.7. The summed E-state index contributed by atoms with van der Waals surface area (Å²) < 4.78 is 0. The molecule has 0 aromatic heterocycles. The summed E-state index contributed by atoms with van der Waals surface area (Å²) in [6, 6.07) is 18.1. The molecule has 0 spiro atoms. The molecular weight excluding hydrogens is 526 g/mol. The number of fused-ring (bicyclic) bond motifs is 1. The van der Waals surface area contributed by atoms with Crippen molar-refractivity contribution in [2.45, 2.75) is 37.0 Å². The number of thioether (sulfide) groups is 1. The van der Waals surface area contributed by atoms with Gasteiger partial charge in [0.2, 0.25) is 5.91 Å². The molecule has 0 bridgehead atoms. The summed E-state index contributed by atoms with van der Waals surface area (Å²) in [5.41, 5.74) is 2.31. The van der Waals surface area contributed by atoms with Gasteiger partial charge in [0.25, 0.3) is 5.91 Å². The number of halogens is 1. The number of amides is 2. The third-order valence-corrected chi connectivity index (χ3v) is 9.15. The van der Waals surface area contributed by atoms with Gasteiger partial charge in [0.05, 0.1) is 16.2 Å². The number of carbonyl (C=O) groups is 2. The van der Waals surface area contributed by atoms with Gasteiger partial charge in [-0.15, -0.1) is 11.8 Å². The highest BCUT2D eigenvalue weighted by molar-refractivity contribution is 8.05.